The van der Waals surface area contributed by atoms with E-state index in [-0.39, 0.29) is 0 Å². The van der Waals surface area contributed by atoms with E-state index in [1.54, 1.807) is 6.92 Å². The molecule has 5 heteroatoms. The van der Waals surface area contributed by atoms with Crippen LogP contribution in [0.5, 0.6) is 0 Å². The van der Waals surface area contributed by atoms with E-state index < -0.39 is 17.7 Å². The van der Waals surface area contributed by atoms with Crippen LogP contribution in [-0.4, -0.2) is 0 Å². The highest BCUT2D eigenvalue weighted by molar-refractivity contribution is 5.20. The monoisotopic (exact) mass is 183 g/mol. The lowest BCUT2D eigenvalue weighted by atomic mass is 10.1. The molecule has 0 aliphatic heterocycles. The molecule has 1 aromatic rings. The van der Waals surface area contributed by atoms with E-state index in [1.165, 1.54) is 6.07 Å². The third-order valence-corrected chi connectivity index (χ3v) is 1.65. The first-order valence-electron chi connectivity index (χ1n) is 3.64. The van der Waals surface area contributed by atoms with Gasteiger partial charge in [-0.1, -0.05) is 18.1 Å². The summed E-state index contributed by atoms with van der Waals surface area (Å²) in [6.07, 6.45) is 0. The summed E-state index contributed by atoms with van der Waals surface area (Å²) in [4.78, 5) is 2.57. The minimum absolute atomic E-state index is 0.455. The molecular weight excluding hydrogens is 176 g/mol. The van der Waals surface area contributed by atoms with Crippen LogP contribution in [0.3, 0.4) is 0 Å². The standard InChI is InChI=1S/C8H7F2N3/c1-5(12-13-11)6-2-3-7(9)8(10)4-6/h2-5H,1H3. The normalized spacial score (nSPS) is 11.9. The summed E-state index contributed by atoms with van der Waals surface area (Å²) in [5, 5.41) is 3.36. The predicted octanol–water partition coefficient (Wildman–Crippen LogP) is 3.34. The molecule has 1 aromatic carbocycles. The van der Waals surface area contributed by atoms with Gasteiger partial charge in [-0.05, 0) is 23.2 Å². The second-order valence-electron chi connectivity index (χ2n) is 2.55. The minimum atomic E-state index is -0.933. The molecule has 68 valence electrons. The fourth-order valence-corrected chi connectivity index (χ4v) is 0.916. The van der Waals surface area contributed by atoms with E-state index >= 15 is 0 Å². The highest BCUT2D eigenvalue weighted by Gasteiger charge is 2.06. The molecule has 0 aliphatic rings. The molecule has 0 aromatic heterocycles. The van der Waals surface area contributed by atoms with Crippen molar-refractivity contribution in [1.82, 2.24) is 0 Å². The van der Waals surface area contributed by atoms with Crippen LogP contribution in [0.4, 0.5) is 8.78 Å². The van der Waals surface area contributed by atoms with Gasteiger partial charge in [-0.15, -0.1) is 0 Å². The molecule has 0 N–H and O–H groups in total. The van der Waals surface area contributed by atoms with Crippen LogP contribution < -0.4 is 0 Å². The molecule has 1 rings (SSSR count). The largest absolute Gasteiger partial charge is 0.204 e. The van der Waals surface area contributed by atoms with Gasteiger partial charge >= 0.3 is 0 Å². The fourth-order valence-electron chi connectivity index (χ4n) is 0.916. The van der Waals surface area contributed by atoms with E-state index in [0.29, 0.717) is 5.56 Å². The highest BCUT2D eigenvalue weighted by atomic mass is 19.2. The van der Waals surface area contributed by atoms with Crippen LogP contribution >= 0.6 is 0 Å². The SMILES string of the molecule is CC(N=[N+]=[N-])c1ccc(F)c(F)c1. The maximum Gasteiger partial charge on any atom is 0.159 e. The highest BCUT2D eigenvalue weighted by Crippen LogP contribution is 2.18. The second-order valence-corrected chi connectivity index (χ2v) is 2.55. The molecule has 0 amide bonds. The number of azide groups is 1. The summed E-state index contributed by atoms with van der Waals surface area (Å²) in [6.45, 7) is 1.60. The predicted molar refractivity (Wildman–Crippen MR) is 43.9 cm³/mol. The third-order valence-electron chi connectivity index (χ3n) is 1.65. The van der Waals surface area contributed by atoms with Gasteiger partial charge < -0.3 is 0 Å². The number of halogens is 2. The minimum Gasteiger partial charge on any atom is -0.204 e. The number of nitrogens with zero attached hydrogens (tertiary/aromatic N) is 3. The number of hydrogen-bond acceptors (Lipinski definition) is 1. The lowest BCUT2D eigenvalue weighted by Gasteiger charge is -2.04. The van der Waals surface area contributed by atoms with Crippen LogP contribution in [0, 0.1) is 11.6 Å². The van der Waals surface area contributed by atoms with Crippen molar-refractivity contribution in [2.45, 2.75) is 13.0 Å². The molecule has 0 spiro atoms. The lowest BCUT2D eigenvalue weighted by Crippen LogP contribution is -1.91. The van der Waals surface area contributed by atoms with E-state index in [0.717, 1.165) is 12.1 Å². The van der Waals surface area contributed by atoms with Crippen molar-refractivity contribution in [3.63, 3.8) is 0 Å². The maximum absolute atomic E-state index is 12.7. The number of benzene rings is 1. The zero-order valence-electron chi connectivity index (χ0n) is 6.91. The number of hydrogen-bond donors (Lipinski definition) is 0. The summed E-state index contributed by atoms with van der Waals surface area (Å²) in [7, 11) is 0. The van der Waals surface area contributed by atoms with E-state index in [1.807, 2.05) is 0 Å². The Morgan fingerprint density at radius 2 is 2.08 bits per heavy atom. The van der Waals surface area contributed by atoms with Crippen molar-refractivity contribution in [3.05, 3.63) is 45.8 Å². The van der Waals surface area contributed by atoms with E-state index in [4.69, 9.17) is 5.53 Å². The summed E-state index contributed by atoms with van der Waals surface area (Å²) < 4.78 is 25.1. The van der Waals surface area contributed by atoms with Crippen molar-refractivity contribution in [1.29, 1.82) is 0 Å². The van der Waals surface area contributed by atoms with Gasteiger partial charge in [0.25, 0.3) is 0 Å². The number of rotatable bonds is 2. The van der Waals surface area contributed by atoms with Gasteiger partial charge in [-0.2, -0.15) is 0 Å². The Balaban J connectivity index is 3.03. The third kappa shape index (κ3) is 2.16. The molecule has 0 fully saturated rings. The quantitative estimate of drug-likeness (QED) is 0.383. The molecule has 0 saturated heterocycles. The molecular formula is C8H7F2N3. The van der Waals surface area contributed by atoms with Gasteiger partial charge in [0.05, 0.1) is 6.04 Å². The molecule has 1 atom stereocenters. The first-order valence-corrected chi connectivity index (χ1v) is 3.64. The molecule has 0 radical (unpaired) electrons. The molecule has 3 nitrogen and oxygen atoms in total. The smallest absolute Gasteiger partial charge is 0.159 e. The Morgan fingerprint density at radius 3 is 2.62 bits per heavy atom. The van der Waals surface area contributed by atoms with Gasteiger partial charge in [0.15, 0.2) is 11.6 Å². The Bertz CT molecular complexity index is 358. The van der Waals surface area contributed by atoms with Crippen molar-refractivity contribution in [3.8, 4) is 0 Å². The zero-order valence-corrected chi connectivity index (χ0v) is 6.91. The zero-order chi connectivity index (χ0) is 9.84. The summed E-state index contributed by atoms with van der Waals surface area (Å²) >= 11 is 0. The fraction of sp³-hybridized carbons (Fsp3) is 0.250. The molecule has 13 heavy (non-hydrogen) atoms. The van der Waals surface area contributed by atoms with Gasteiger partial charge in [0, 0.05) is 4.91 Å². The van der Waals surface area contributed by atoms with E-state index in [9.17, 15) is 8.78 Å². The van der Waals surface area contributed by atoms with Crippen molar-refractivity contribution in [2.24, 2.45) is 5.11 Å². The molecule has 0 saturated carbocycles. The summed E-state index contributed by atoms with van der Waals surface area (Å²) in [6, 6.07) is 2.93. The summed E-state index contributed by atoms with van der Waals surface area (Å²) in [5.41, 5.74) is 8.57. The Kier molecular flexibility index (Phi) is 2.82. The van der Waals surface area contributed by atoms with Gasteiger partial charge in [-0.25, -0.2) is 8.78 Å². The molecule has 1 unspecified atom stereocenters. The van der Waals surface area contributed by atoms with Gasteiger partial charge in [0.1, 0.15) is 0 Å². The Labute approximate surface area is 73.6 Å². The van der Waals surface area contributed by atoms with Crippen LogP contribution in [0.15, 0.2) is 23.3 Å². The van der Waals surface area contributed by atoms with Crippen LogP contribution in [0.1, 0.15) is 18.5 Å². The van der Waals surface area contributed by atoms with E-state index in [2.05, 4.69) is 10.0 Å². The molecule has 0 bridgehead atoms. The van der Waals surface area contributed by atoms with Crippen molar-refractivity contribution >= 4 is 0 Å². The molecule has 0 aliphatic carbocycles. The Morgan fingerprint density at radius 1 is 1.38 bits per heavy atom. The van der Waals surface area contributed by atoms with Crippen molar-refractivity contribution in [2.75, 3.05) is 0 Å². The Hall–Kier alpha value is -1.61. The van der Waals surface area contributed by atoms with Gasteiger partial charge in [-0.3, -0.25) is 0 Å². The van der Waals surface area contributed by atoms with Crippen LogP contribution in [0.25, 0.3) is 10.4 Å². The van der Waals surface area contributed by atoms with Crippen molar-refractivity contribution < 1.29 is 8.78 Å². The first kappa shape index (κ1) is 9.48. The second kappa shape index (κ2) is 3.87. The topological polar surface area (TPSA) is 48.8 Å². The lowest BCUT2D eigenvalue weighted by molar-refractivity contribution is 0.506. The average Bonchev–Trinajstić information content (AvgIpc) is 2.10. The van der Waals surface area contributed by atoms with Gasteiger partial charge in [0.2, 0.25) is 0 Å². The summed E-state index contributed by atoms with van der Waals surface area (Å²) in [5.74, 6) is -1.84. The van der Waals surface area contributed by atoms with Crippen LogP contribution in [0.2, 0.25) is 0 Å². The first-order chi connectivity index (χ1) is 6.15. The maximum atomic E-state index is 12.7. The molecule has 0 heterocycles. The van der Waals surface area contributed by atoms with Crippen LogP contribution in [-0.2, 0) is 0 Å². The average molecular weight is 183 g/mol.